The van der Waals surface area contributed by atoms with Crippen LogP contribution >= 0.6 is 0 Å². The Morgan fingerprint density at radius 3 is 2.15 bits per heavy atom. The van der Waals surface area contributed by atoms with Gasteiger partial charge in [-0.3, -0.25) is 4.79 Å². The van der Waals surface area contributed by atoms with E-state index in [1.807, 2.05) is 32.0 Å². The van der Waals surface area contributed by atoms with Gasteiger partial charge in [0.2, 0.25) is 5.75 Å². The molecule has 0 fully saturated rings. The van der Waals surface area contributed by atoms with Gasteiger partial charge in [0.1, 0.15) is 0 Å². The second kappa shape index (κ2) is 8.61. The Hall–Kier alpha value is -2.69. The van der Waals surface area contributed by atoms with Crippen LogP contribution in [0.5, 0.6) is 17.2 Å². The molecule has 5 nitrogen and oxygen atoms in total. The summed E-state index contributed by atoms with van der Waals surface area (Å²) < 4.78 is 16.4. The van der Waals surface area contributed by atoms with Crippen molar-refractivity contribution in [3.63, 3.8) is 0 Å². The van der Waals surface area contributed by atoms with E-state index >= 15 is 0 Å². The van der Waals surface area contributed by atoms with E-state index in [-0.39, 0.29) is 18.6 Å². The van der Waals surface area contributed by atoms with Crippen LogP contribution in [0.1, 0.15) is 35.2 Å². The fourth-order valence-electron chi connectivity index (χ4n) is 2.69. The summed E-state index contributed by atoms with van der Waals surface area (Å²) in [5.74, 6) is 1.30. The summed E-state index contributed by atoms with van der Waals surface area (Å²) in [5, 5.41) is 2.95. The van der Waals surface area contributed by atoms with E-state index < -0.39 is 0 Å². The maximum absolute atomic E-state index is 12.3. The van der Waals surface area contributed by atoms with Crippen molar-refractivity contribution >= 4 is 5.91 Å². The first-order chi connectivity index (χ1) is 12.3. The van der Waals surface area contributed by atoms with Gasteiger partial charge in [0.15, 0.2) is 18.1 Å². The van der Waals surface area contributed by atoms with Gasteiger partial charge in [-0.15, -0.1) is 0 Å². The van der Waals surface area contributed by atoms with Crippen molar-refractivity contribution in [2.24, 2.45) is 0 Å². The summed E-state index contributed by atoms with van der Waals surface area (Å²) in [6, 6.07) is 9.76. The molecule has 1 amide bonds. The molecular formula is C21H27NO4. The van der Waals surface area contributed by atoms with E-state index in [2.05, 4.69) is 31.3 Å². The molecule has 0 heterocycles. The van der Waals surface area contributed by atoms with Crippen LogP contribution in [0.2, 0.25) is 0 Å². The molecule has 2 aromatic rings. The number of amides is 1. The third-order valence-corrected chi connectivity index (χ3v) is 4.36. The Labute approximate surface area is 155 Å². The number of nitrogens with one attached hydrogen (secondary N) is 1. The van der Waals surface area contributed by atoms with Crippen molar-refractivity contribution in [3.05, 3.63) is 52.6 Å². The lowest BCUT2D eigenvalue weighted by Gasteiger charge is -2.18. The molecular weight excluding hydrogens is 330 g/mol. The zero-order chi connectivity index (χ0) is 19.3. The zero-order valence-electron chi connectivity index (χ0n) is 16.3. The van der Waals surface area contributed by atoms with E-state index in [1.165, 1.54) is 11.1 Å². The van der Waals surface area contributed by atoms with Crippen LogP contribution in [0.25, 0.3) is 0 Å². The Kier molecular flexibility index (Phi) is 6.50. The molecule has 0 radical (unpaired) electrons. The van der Waals surface area contributed by atoms with Gasteiger partial charge in [0, 0.05) is 0 Å². The number of benzene rings is 2. The highest BCUT2D eigenvalue weighted by Crippen LogP contribution is 2.38. The molecule has 5 heteroatoms. The van der Waals surface area contributed by atoms with Crippen LogP contribution in [0.15, 0.2) is 30.3 Å². The first-order valence-electron chi connectivity index (χ1n) is 8.57. The lowest BCUT2D eigenvalue weighted by atomic mass is 10.0. The number of hydrogen-bond donors (Lipinski definition) is 1. The molecule has 26 heavy (non-hydrogen) atoms. The molecule has 0 aliphatic carbocycles. The average molecular weight is 357 g/mol. The first-order valence-corrected chi connectivity index (χ1v) is 8.57. The van der Waals surface area contributed by atoms with E-state index in [4.69, 9.17) is 14.2 Å². The lowest BCUT2D eigenvalue weighted by Crippen LogP contribution is -2.31. The van der Waals surface area contributed by atoms with Gasteiger partial charge >= 0.3 is 0 Å². The molecule has 0 aliphatic heterocycles. The number of methoxy groups -OCH3 is 2. The quantitative estimate of drug-likeness (QED) is 0.817. The van der Waals surface area contributed by atoms with Crippen molar-refractivity contribution in [1.29, 1.82) is 0 Å². The first kappa shape index (κ1) is 19.6. The smallest absolute Gasteiger partial charge is 0.258 e. The molecule has 0 aliphatic rings. The summed E-state index contributed by atoms with van der Waals surface area (Å²) in [5.41, 5.74) is 4.48. The molecule has 0 bridgehead atoms. The summed E-state index contributed by atoms with van der Waals surface area (Å²) in [4.78, 5) is 12.3. The van der Waals surface area contributed by atoms with Crippen molar-refractivity contribution < 1.29 is 19.0 Å². The van der Waals surface area contributed by atoms with Gasteiger partial charge in [-0.05, 0) is 62.1 Å². The SMILES string of the molecule is COc1cc(C)cc(OC)c1OCC(=O)NC(C)c1ccc(C)c(C)c1. The minimum Gasteiger partial charge on any atom is -0.493 e. The molecule has 1 unspecified atom stereocenters. The predicted molar refractivity (Wildman–Crippen MR) is 102 cm³/mol. The molecule has 0 saturated heterocycles. The van der Waals surface area contributed by atoms with Crippen LogP contribution in [0.4, 0.5) is 0 Å². The standard InChI is InChI=1S/C21H27NO4/c1-13-9-18(24-5)21(19(10-13)25-6)26-12-20(23)22-16(4)17-8-7-14(2)15(3)11-17/h7-11,16H,12H2,1-6H3,(H,22,23). The highest BCUT2D eigenvalue weighted by molar-refractivity contribution is 5.78. The largest absolute Gasteiger partial charge is 0.493 e. The summed E-state index contributed by atoms with van der Waals surface area (Å²) in [7, 11) is 3.12. The third kappa shape index (κ3) is 4.69. The number of carbonyl (C=O) groups excluding carboxylic acids is 1. The van der Waals surface area contributed by atoms with Gasteiger partial charge in [0.05, 0.1) is 20.3 Å². The van der Waals surface area contributed by atoms with Gasteiger partial charge in [0.25, 0.3) is 5.91 Å². The monoisotopic (exact) mass is 357 g/mol. The highest BCUT2D eigenvalue weighted by Gasteiger charge is 2.16. The molecule has 2 rings (SSSR count). The van der Waals surface area contributed by atoms with Crippen LogP contribution in [-0.2, 0) is 4.79 Å². The minimum atomic E-state index is -0.208. The van der Waals surface area contributed by atoms with Crippen LogP contribution < -0.4 is 19.5 Å². The molecule has 1 N–H and O–H groups in total. The number of aryl methyl sites for hydroxylation is 3. The van der Waals surface area contributed by atoms with Crippen molar-refractivity contribution in [1.82, 2.24) is 5.32 Å². The fourth-order valence-corrected chi connectivity index (χ4v) is 2.69. The number of rotatable bonds is 7. The molecule has 0 spiro atoms. The summed E-state index contributed by atoms with van der Waals surface area (Å²) in [6.45, 7) is 7.90. The van der Waals surface area contributed by atoms with Gasteiger partial charge in [-0.25, -0.2) is 0 Å². The fraction of sp³-hybridized carbons (Fsp3) is 0.381. The Bertz CT molecular complexity index is 761. The topological polar surface area (TPSA) is 56.8 Å². The van der Waals surface area contributed by atoms with Gasteiger partial charge in [-0.2, -0.15) is 0 Å². The van der Waals surface area contributed by atoms with E-state index in [0.717, 1.165) is 11.1 Å². The van der Waals surface area contributed by atoms with Gasteiger partial charge < -0.3 is 19.5 Å². The van der Waals surface area contributed by atoms with Crippen LogP contribution in [0.3, 0.4) is 0 Å². The predicted octanol–water partition coefficient (Wildman–Crippen LogP) is 3.89. The molecule has 0 saturated carbocycles. The third-order valence-electron chi connectivity index (χ3n) is 4.36. The van der Waals surface area contributed by atoms with Crippen LogP contribution in [0, 0.1) is 20.8 Å². The van der Waals surface area contributed by atoms with Gasteiger partial charge in [-0.1, -0.05) is 18.2 Å². The normalized spacial score (nSPS) is 11.6. The minimum absolute atomic E-state index is 0.104. The van der Waals surface area contributed by atoms with E-state index in [0.29, 0.717) is 17.2 Å². The molecule has 2 aromatic carbocycles. The maximum atomic E-state index is 12.3. The van der Waals surface area contributed by atoms with Crippen LogP contribution in [-0.4, -0.2) is 26.7 Å². The van der Waals surface area contributed by atoms with E-state index in [1.54, 1.807) is 14.2 Å². The Balaban J connectivity index is 2.03. The van der Waals surface area contributed by atoms with Crippen molar-refractivity contribution in [2.75, 3.05) is 20.8 Å². The molecule has 0 aromatic heterocycles. The van der Waals surface area contributed by atoms with E-state index in [9.17, 15) is 4.79 Å². The zero-order valence-corrected chi connectivity index (χ0v) is 16.3. The second-order valence-corrected chi connectivity index (χ2v) is 6.42. The number of ether oxygens (including phenoxy) is 3. The van der Waals surface area contributed by atoms with Crippen molar-refractivity contribution in [2.45, 2.75) is 33.7 Å². The second-order valence-electron chi connectivity index (χ2n) is 6.42. The highest BCUT2D eigenvalue weighted by atomic mass is 16.5. The summed E-state index contributed by atoms with van der Waals surface area (Å²) >= 11 is 0. The average Bonchev–Trinajstić information content (AvgIpc) is 2.61. The number of hydrogen-bond acceptors (Lipinski definition) is 4. The summed E-state index contributed by atoms with van der Waals surface area (Å²) in [6.07, 6.45) is 0. The lowest BCUT2D eigenvalue weighted by molar-refractivity contribution is -0.123. The number of carbonyl (C=O) groups is 1. The Morgan fingerprint density at radius 1 is 1.00 bits per heavy atom. The molecule has 140 valence electrons. The molecule has 1 atom stereocenters. The maximum Gasteiger partial charge on any atom is 0.258 e. The van der Waals surface area contributed by atoms with Crippen molar-refractivity contribution in [3.8, 4) is 17.2 Å². The Morgan fingerprint density at radius 2 is 1.62 bits per heavy atom.